The van der Waals surface area contributed by atoms with E-state index in [9.17, 15) is 14.4 Å². The predicted molar refractivity (Wildman–Crippen MR) is 125 cm³/mol. The molecule has 3 aromatic rings. The number of hydrogen-bond donors (Lipinski definition) is 3. The van der Waals surface area contributed by atoms with Crippen LogP contribution >= 0.6 is 0 Å². The van der Waals surface area contributed by atoms with Crippen LogP contribution in [0.2, 0.25) is 0 Å². The topological polar surface area (TPSA) is 94.3 Å². The summed E-state index contributed by atoms with van der Waals surface area (Å²) in [7, 11) is 0. The average Bonchev–Trinajstić information content (AvgIpc) is 3.19. The maximum atomic E-state index is 13.1. The molecule has 0 atom stereocenters. The normalized spacial score (nSPS) is 11.5. The van der Waals surface area contributed by atoms with Crippen molar-refractivity contribution in [2.75, 3.05) is 6.54 Å². The molecule has 0 unspecified atom stereocenters. The zero-order valence-corrected chi connectivity index (χ0v) is 18.5. The largest absolute Gasteiger partial charge is 0.361 e. The SMILES string of the molecule is CC(=O)NCC(=O)N(Cc1ccccc1)C(C)(C)C(=O)NC=Cc1c[nH]c2ccccc12. The second-order valence-corrected chi connectivity index (χ2v) is 8.03. The third kappa shape index (κ3) is 5.43. The minimum Gasteiger partial charge on any atom is -0.361 e. The molecule has 1 heterocycles. The van der Waals surface area contributed by atoms with Crippen LogP contribution in [0.1, 0.15) is 31.9 Å². The van der Waals surface area contributed by atoms with E-state index in [0.29, 0.717) is 0 Å². The van der Waals surface area contributed by atoms with Gasteiger partial charge in [0.2, 0.25) is 17.7 Å². The summed E-state index contributed by atoms with van der Waals surface area (Å²) >= 11 is 0. The summed E-state index contributed by atoms with van der Waals surface area (Å²) in [6.45, 7) is 4.80. The fourth-order valence-electron chi connectivity index (χ4n) is 3.40. The van der Waals surface area contributed by atoms with E-state index in [2.05, 4.69) is 15.6 Å². The van der Waals surface area contributed by atoms with Crippen LogP contribution in [0.5, 0.6) is 0 Å². The number of nitrogens with zero attached hydrogens (tertiary/aromatic N) is 1. The highest BCUT2D eigenvalue weighted by atomic mass is 16.2. The van der Waals surface area contributed by atoms with Gasteiger partial charge in [-0.15, -0.1) is 0 Å². The minimum absolute atomic E-state index is 0.177. The van der Waals surface area contributed by atoms with Gasteiger partial charge in [0, 0.05) is 42.3 Å². The molecule has 166 valence electrons. The molecule has 0 fully saturated rings. The van der Waals surface area contributed by atoms with Gasteiger partial charge in [-0.25, -0.2) is 0 Å². The van der Waals surface area contributed by atoms with E-state index in [0.717, 1.165) is 22.0 Å². The van der Waals surface area contributed by atoms with Gasteiger partial charge in [0.25, 0.3) is 0 Å². The molecule has 0 aliphatic heterocycles. The molecule has 7 heteroatoms. The van der Waals surface area contributed by atoms with Crippen molar-refractivity contribution in [2.24, 2.45) is 0 Å². The first kappa shape index (κ1) is 22.8. The Morgan fingerprint density at radius 3 is 2.44 bits per heavy atom. The molecule has 1 aromatic heterocycles. The molecule has 32 heavy (non-hydrogen) atoms. The molecule has 7 nitrogen and oxygen atoms in total. The molecule has 0 aliphatic carbocycles. The third-order valence-electron chi connectivity index (χ3n) is 5.30. The van der Waals surface area contributed by atoms with Gasteiger partial charge in [0.05, 0.1) is 6.54 Å². The Labute approximate surface area is 187 Å². The Bertz CT molecular complexity index is 1130. The van der Waals surface area contributed by atoms with Gasteiger partial charge in [0.15, 0.2) is 0 Å². The van der Waals surface area contributed by atoms with Gasteiger partial charge in [-0.1, -0.05) is 48.5 Å². The van der Waals surface area contributed by atoms with Crippen molar-refractivity contribution in [3.63, 3.8) is 0 Å². The number of amides is 3. The smallest absolute Gasteiger partial charge is 0.249 e. The standard InChI is InChI=1S/C25H28N4O3/c1-18(30)27-16-23(31)29(17-19-9-5-4-6-10-19)25(2,3)24(32)26-14-13-20-15-28-22-12-8-7-11-21(20)22/h4-15,28H,16-17H2,1-3H3,(H,26,32)(H,27,30). The zero-order valence-electron chi connectivity index (χ0n) is 18.5. The van der Waals surface area contributed by atoms with Crippen molar-refractivity contribution >= 4 is 34.7 Å². The van der Waals surface area contributed by atoms with Crippen LogP contribution < -0.4 is 10.6 Å². The summed E-state index contributed by atoms with van der Waals surface area (Å²) < 4.78 is 0. The summed E-state index contributed by atoms with van der Waals surface area (Å²) in [6.07, 6.45) is 5.27. The molecule has 0 saturated carbocycles. The number of fused-ring (bicyclic) bond motifs is 1. The second kappa shape index (κ2) is 9.96. The summed E-state index contributed by atoms with van der Waals surface area (Å²) in [5.41, 5.74) is 1.69. The fourth-order valence-corrected chi connectivity index (χ4v) is 3.40. The highest BCUT2D eigenvalue weighted by molar-refractivity contribution is 5.94. The van der Waals surface area contributed by atoms with Crippen LogP contribution in [-0.2, 0) is 20.9 Å². The maximum absolute atomic E-state index is 13.1. The van der Waals surface area contributed by atoms with Crippen molar-refractivity contribution in [1.82, 2.24) is 20.5 Å². The molecule has 2 aromatic carbocycles. The predicted octanol–water partition coefficient (Wildman–Crippen LogP) is 3.20. The van der Waals surface area contributed by atoms with Gasteiger partial charge in [-0.2, -0.15) is 0 Å². The Kier molecular flexibility index (Phi) is 7.10. The lowest BCUT2D eigenvalue weighted by Gasteiger charge is -2.37. The third-order valence-corrected chi connectivity index (χ3v) is 5.30. The first-order valence-corrected chi connectivity index (χ1v) is 10.4. The lowest BCUT2D eigenvalue weighted by Crippen LogP contribution is -2.57. The molecule has 3 amide bonds. The van der Waals surface area contributed by atoms with Gasteiger partial charge in [0.1, 0.15) is 5.54 Å². The van der Waals surface area contributed by atoms with E-state index >= 15 is 0 Å². The summed E-state index contributed by atoms with van der Waals surface area (Å²) in [5, 5.41) is 6.37. The minimum atomic E-state index is -1.16. The number of benzene rings is 2. The van der Waals surface area contributed by atoms with Crippen LogP contribution in [0.25, 0.3) is 17.0 Å². The maximum Gasteiger partial charge on any atom is 0.249 e. The molecule has 0 radical (unpaired) electrons. The highest BCUT2D eigenvalue weighted by Crippen LogP contribution is 2.20. The van der Waals surface area contributed by atoms with Gasteiger partial charge in [-0.05, 0) is 31.6 Å². The number of aromatic nitrogens is 1. The van der Waals surface area contributed by atoms with E-state index in [1.807, 2.05) is 66.9 Å². The van der Waals surface area contributed by atoms with Crippen LogP contribution in [0, 0.1) is 0 Å². The average molecular weight is 433 g/mol. The van der Waals surface area contributed by atoms with Gasteiger partial charge >= 0.3 is 0 Å². The van der Waals surface area contributed by atoms with E-state index in [1.54, 1.807) is 20.0 Å². The lowest BCUT2D eigenvalue weighted by molar-refractivity contribution is -0.146. The lowest BCUT2D eigenvalue weighted by atomic mass is 9.99. The number of nitrogens with one attached hydrogen (secondary N) is 3. The fraction of sp³-hybridized carbons (Fsp3) is 0.240. The number of aromatic amines is 1. The van der Waals surface area contributed by atoms with E-state index in [-0.39, 0.29) is 30.8 Å². The van der Waals surface area contributed by atoms with Crippen LogP contribution in [0.3, 0.4) is 0 Å². The van der Waals surface area contributed by atoms with E-state index in [4.69, 9.17) is 0 Å². The summed E-state index contributed by atoms with van der Waals surface area (Å²) in [4.78, 5) is 42.0. The number of carbonyl (C=O) groups is 3. The van der Waals surface area contributed by atoms with Gasteiger partial charge in [-0.3, -0.25) is 14.4 Å². The number of hydrogen-bond acceptors (Lipinski definition) is 3. The monoisotopic (exact) mass is 432 g/mol. The first-order valence-electron chi connectivity index (χ1n) is 10.4. The number of para-hydroxylation sites is 1. The second-order valence-electron chi connectivity index (χ2n) is 8.03. The van der Waals surface area contributed by atoms with Crippen molar-refractivity contribution in [3.05, 3.63) is 78.1 Å². The summed E-state index contributed by atoms with van der Waals surface area (Å²) in [5.74, 6) is -0.979. The molecule has 0 saturated heterocycles. The Hall–Kier alpha value is -3.87. The van der Waals surface area contributed by atoms with Crippen LogP contribution in [-0.4, -0.2) is 39.7 Å². The highest BCUT2D eigenvalue weighted by Gasteiger charge is 2.37. The zero-order chi connectivity index (χ0) is 23.1. The molecule has 3 N–H and O–H groups in total. The van der Waals surface area contributed by atoms with Crippen LogP contribution in [0.4, 0.5) is 0 Å². The number of H-pyrrole nitrogens is 1. The van der Waals surface area contributed by atoms with E-state index < -0.39 is 5.54 Å². The molecule has 0 spiro atoms. The summed E-state index contributed by atoms with van der Waals surface area (Å²) in [6, 6.07) is 17.3. The number of rotatable bonds is 8. The van der Waals surface area contributed by atoms with Crippen molar-refractivity contribution in [2.45, 2.75) is 32.9 Å². The Balaban J connectivity index is 1.76. The molecule has 3 rings (SSSR count). The quantitative estimate of drug-likeness (QED) is 0.510. The Morgan fingerprint density at radius 1 is 1.03 bits per heavy atom. The first-order chi connectivity index (χ1) is 15.3. The molecular formula is C25H28N4O3. The van der Waals surface area contributed by atoms with Crippen molar-refractivity contribution in [3.8, 4) is 0 Å². The molecular weight excluding hydrogens is 404 g/mol. The van der Waals surface area contributed by atoms with Crippen molar-refractivity contribution in [1.29, 1.82) is 0 Å². The Morgan fingerprint density at radius 2 is 1.72 bits per heavy atom. The number of carbonyl (C=O) groups excluding carboxylic acids is 3. The van der Waals surface area contributed by atoms with E-state index in [1.165, 1.54) is 11.8 Å². The van der Waals surface area contributed by atoms with Gasteiger partial charge < -0.3 is 20.5 Å². The molecule has 0 bridgehead atoms. The molecule has 0 aliphatic rings. The van der Waals surface area contributed by atoms with Crippen molar-refractivity contribution < 1.29 is 14.4 Å². The van der Waals surface area contributed by atoms with Crippen LogP contribution in [0.15, 0.2) is 67.0 Å².